The number of hydrogen-bond donors (Lipinski definition) is 1. The van der Waals surface area contributed by atoms with E-state index in [4.69, 9.17) is 5.73 Å². The van der Waals surface area contributed by atoms with E-state index in [0.29, 0.717) is 12.2 Å². The first kappa shape index (κ1) is 10.8. The zero-order chi connectivity index (χ0) is 11.4. The molecule has 0 amide bonds. The zero-order valence-electron chi connectivity index (χ0n) is 8.81. The number of nitrogens with zero attached hydrogens (tertiary/aromatic N) is 3. The number of benzene rings is 1. The topological polar surface area (TPSA) is 56.7 Å². The molecule has 84 valence electrons. The molecule has 2 N–H and O–H groups in total. The minimum absolute atomic E-state index is 0.308. The van der Waals surface area contributed by atoms with Crippen LogP contribution in [0.25, 0.3) is 5.69 Å². The van der Waals surface area contributed by atoms with Crippen LogP contribution in [0.15, 0.2) is 30.5 Å². The molecule has 4 nitrogen and oxygen atoms in total. The lowest BCUT2D eigenvalue weighted by Crippen LogP contribution is -2.00. The maximum atomic E-state index is 13.4. The predicted molar refractivity (Wildman–Crippen MR) is 58.7 cm³/mol. The third kappa shape index (κ3) is 2.25. The van der Waals surface area contributed by atoms with Gasteiger partial charge in [-0.05, 0) is 31.5 Å². The average molecular weight is 220 g/mol. The highest BCUT2D eigenvalue weighted by Gasteiger charge is 2.06. The predicted octanol–water partition coefficient (Wildman–Crippen LogP) is 1.30. The lowest BCUT2D eigenvalue weighted by Gasteiger charge is -2.00. The van der Waals surface area contributed by atoms with Crippen molar-refractivity contribution in [1.29, 1.82) is 0 Å². The van der Waals surface area contributed by atoms with Crippen LogP contribution >= 0.6 is 0 Å². The Balaban J connectivity index is 2.22. The molecular weight excluding hydrogens is 207 g/mol. The van der Waals surface area contributed by atoms with Crippen LogP contribution in [0.1, 0.15) is 12.1 Å². The third-order valence-corrected chi connectivity index (χ3v) is 2.28. The van der Waals surface area contributed by atoms with Crippen LogP contribution < -0.4 is 5.73 Å². The van der Waals surface area contributed by atoms with Crippen LogP contribution in [0, 0.1) is 5.82 Å². The second kappa shape index (κ2) is 4.85. The van der Waals surface area contributed by atoms with Gasteiger partial charge in [0.05, 0.1) is 11.9 Å². The van der Waals surface area contributed by atoms with Crippen molar-refractivity contribution in [3.8, 4) is 5.69 Å². The lowest BCUT2D eigenvalue weighted by molar-refractivity contribution is 0.607. The summed E-state index contributed by atoms with van der Waals surface area (Å²) in [6.07, 6.45) is 3.36. The van der Waals surface area contributed by atoms with Crippen molar-refractivity contribution in [3.05, 3.63) is 42.0 Å². The van der Waals surface area contributed by atoms with Gasteiger partial charge in [-0.15, -0.1) is 5.10 Å². The molecule has 0 unspecified atom stereocenters. The molecule has 0 aliphatic rings. The van der Waals surface area contributed by atoms with Gasteiger partial charge < -0.3 is 5.73 Å². The lowest BCUT2D eigenvalue weighted by atomic mass is 10.2. The Morgan fingerprint density at radius 3 is 2.88 bits per heavy atom. The van der Waals surface area contributed by atoms with E-state index in [1.807, 2.05) is 0 Å². The number of rotatable bonds is 4. The maximum Gasteiger partial charge on any atom is 0.148 e. The van der Waals surface area contributed by atoms with E-state index in [-0.39, 0.29) is 5.82 Å². The first-order chi connectivity index (χ1) is 7.81. The SMILES string of the molecule is NCCCc1cn(-c2ccccc2F)nn1. The number of halogens is 1. The summed E-state index contributed by atoms with van der Waals surface area (Å²) in [4.78, 5) is 0. The van der Waals surface area contributed by atoms with Crippen LogP contribution in [0.3, 0.4) is 0 Å². The molecule has 0 bridgehead atoms. The molecule has 0 atom stereocenters. The standard InChI is InChI=1S/C11H13FN4/c12-10-5-1-2-6-11(10)16-8-9(14-15-16)4-3-7-13/h1-2,5-6,8H,3-4,7,13H2. The molecule has 1 aromatic heterocycles. The largest absolute Gasteiger partial charge is 0.330 e. The van der Waals surface area contributed by atoms with Gasteiger partial charge >= 0.3 is 0 Å². The molecule has 5 heteroatoms. The van der Waals surface area contributed by atoms with Crippen LogP contribution in [0.5, 0.6) is 0 Å². The van der Waals surface area contributed by atoms with Gasteiger partial charge in [-0.1, -0.05) is 17.3 Å². The summed E-state index contributed by atoms with van der Waals surface area (Å²) >= 11 is 0. The average Bonchev–Trinajstić information content (AvgIpc) is 2.75. The number of aryl methyl sites for hydroxylation is 1. The fourth-order valence-corrected chi connectivity index (χ4v) is 1.45. The molecule has 0 aliphatic carbocycles. The van der Waals surface area contributed by atoms with E-state index in [1.54, 1.807) is 24.4 Å². The number of nitrogens with two attached hydrogens (primary N) is 1. The van der Waals surface area contributed by atoms with E-state index in [1.165, 1.54) is 10.7 Å². The van der Waals surface area contributed by atoms with E-state index in [0.717, 1.165) is 18.5 Å². The first-order valence-electron chi connectivity index (χ1n) is 5.17. The molecule has 16 heavy (non-hydrogen) atoms. The quantitative estimate of drug-likeness (QED) is 0.844. The fourth-order valence-electron chi connectivity index (χ4n) is 1.45. The zero-order valence-corrected chi connectivity index (χ0v) is 8.81. The van der Waals surface area contributed by atoms with Crippen molar-refractivity contribution in [2.75, 3.05) is 6.54 Å². The number of aromatic nitrogens is 3. The van der Waals surface area contributed by atoms with Gasteiger partial charge in [0, 0.05) is 0 Å². The summed E-state index contributed by atoms with van der Waals surface area (Å²) in [5.74, 6) is -0.308. The molecule has 1 heterocycles. The Labute approximate surface area is 92.9 Å². The van der Waals surface area contributed by atoms with Crippen molar-refractivity contribution < 1.29 is 4.39 Å². The normalized spacial score (nSPS) is 10.6. The molecule has 0 saturated heterocycles. The summed E-state index contributed by atoms with van der Waals surface area (Å²) in [6.45, 7) is 0.618. The Morgan fingerprint density at radius 2 is 2.12 bits per heavy atom. The first-order valence-corrected chi connectivity index (χ1v) is 5.17. The summed E-state index contributed by atoms with van der Waals surface area (Å²) in [7, 11) is 0. The van der Waals surface area contributed by atoms with Crippen LogP contribution in [0.4, 0.5) is 4.39 Å². The molecule has 0 saturated carbocycles. The maximum absolute atomic E-state index is 13.4. The summed E-state index contributed by atoms with van der Waals surface area (Å²) in [5, 5.41) is 7.85. The van der Waals surface area contributed by atoms with Crippen molar-refractivity contribution in [3.63, 3.8) is 0 Å². The van der Waals surface area contributed by atoms with Gasteiger partial charge in [-0.25, -0.2) is 9.07 Å². The Hall–Kier alpha value is -1.75. The highest BCUT2D eigenvalue weighted by atomic mass is 19.1. The van der Waals surface area contributed by atoms with Gasteiger partial charge in [-0.2, -0.15) is 0 Å². The summed E-state index contributed by atoms with van der Waals surface area (Å²) in [5.41, 5.74) is 6.64. The minimum atomic E-state index is -0.308. The molecule has 0 aliphatic heterocycles. The Bertz CT molecular complexity index is 467. The smallest absolute Gasteiger partial charge is 0.148 e. The monoisotopic (exact) mass is 220 g/mol. The van der Waals surface area contributed by atoms with Crippen LogP contribution in [-0.2, 0) is 6.42 Å². The van der Waals surface area contributed by atoms with Crippen molar-refractivity contribution >= 4 is 0 Å². The number of hydrogen-bond acceptors (Lipinski definition) is 3. The summed E-state index contributed by atoms with van der Waals surface area (Å²) in [6, 6.07) is 6.47. The van der Waals surface area contributed by atoms with E-state index >= 15 is 0 Å². The molecule has 0 spiro atoms. The van der Waals surface area contributed by atoms with Gasteiger partial charge in [0.1, 0.15) is 11.5 Å². The third-order valence-electron chi connectivity index (χ3n) is 2.28. The van der Waals surface area contributed by atoms with E-state index in [9.17, 15) is 4.39 Å². The molecule has 2 aromatic rings. The van der Waals surface area contributed by atoms with Gasteiger partial charge in [0.2, 0.25) is 0 Å². The van der Waals surface area contributed by atoms with E-state index in [2.05, 4.69) is 10.3 Å². The molecule has 1 aromatic carbocycles. The molecule has 0 radical (unpaired) electrons. The second-order valence-corrected chi connectivity index (χ2v) is 3.50. The van der Waals surface area contributed by atoms with Gasteiger partial charge in [0.15, 0.2) is 0 Å². The highest BCUT2D eigenvalue weighted by molar-refractivity contribution is 5.32. The second-order valence-electron chi connectivity index (χ2n) is 3.50. The van der Waals surface area contributed by atoms with E-state index < -0.39 is 0 Å². The van der Waals surface area contributed by atoms with Gasteiger partial charge in [0.25, 0.3) is 0 Å². The van der Waals surface area contributed by atoms with Crippen molar-refractivity contribution in [1.82, 2.24) is 15.0 Å². The number of para-hydroxylation sites is 1. The van der Waals surface area contributed by atoms with Crippen LogP contribution in [0.2, 0.25) is 0 Å². The Kier molecular flexibility index (Phi) is 3.26. The molecular formula is C11H13FN4. The summed E-state index contributed by atoms with van der Waals surface area (Å²) < 4.78 is 14.9. The molecule has 0 fully saturated rings. The van der Waals surface area contributed by atoms with Crippen molar-refractivity contribution in [2.45, 2.75) is 12.8 Å². The van der Waals surface area contributed by atoms with Gasteiger partial charge in [-0.3, -0.25) is 0 Å². The Morgan fingerprint density at radius 1 is 1.31 bits per heavy atom. The fraction of sp³-hybridized carbons (Fsp3) is 0.273. The highest BCUT2D eigenvalue weighted by Crippen LogP contribution is 2.11. The van der Waals surface area contributed by atoms with Crippen LogP contribution in [-0.4, -0.2) is 21.5 Å². The molecule has 2 rings (SSSR count). The van der Waals surface area contributed by atoms with Crippen molar-refractivity contribution in [2.24, 2.45) is 5.73 Å². The minimum Gasteiger partial charge on any atom is -0.330 e.